The number of rotatable bonds is 10. The third-order valence-corrected chi connectivity index (χ3v) is 6.16. The Morgan fingerprint density at radius 1 is 1.33 bits per heavy atom. The average molecular weight is 418 g/mol. The lowest BCUT2D eigenvalue weighted by Gasteiger charge is -2.35. The largest absolute Gasteiger partial charge is 0.484 e. The number of carbonyl (C=O) groups is 2. The highest BCUT2D eigenvalue weighted by atomic mass is 16.5. The number of carboxylic acid groups (broad SMARTS) is 1. The third-order valence-electron chi connectivity index (χ3n) is 6.16. The molecule has 0 saturated carbocycles. The molecule has 2 rings (SSSR count). The summed E-state index contributed by atoms with van der Waals surface area (Å²) in [6.45, 7) is 6.13. The van der Waals surface area contributed by atoms with Gasteiger partial charge in [-0.2, -0.15) is 0 Å². The minimum atomic E-state index is -0.871. The van der Waals surface area contributed by atoms with E-state index < -0.39 is 12.0 Å². The molecule has 0 bridgehead atoms. The first-order chi connectivity index (χ1) is 14.3. The predicted molar refractivity (Wildman–Crippen MR) is 116 cm³/mol. The van der Waals surface area contributed by atoms with Crippen LogP contribution in [-0.2, 0) is 20.9 Å². The molecule has 0 spiro atoms. The molecule has 0 aromatic heterocycles. The van der Waals surface area contributed by atoms with E-state index in [-0.39, 0.29) is 35.7 Å². The van der Waals surface area contributed by atoms with E-state index in [2.05, 4.69) is 12.2 Å². The summed E-state index contributed by atoms with van der Waals surface area (Å²) >= 11 is 0. The number of carbonyl (C=O) groups excluding carboxylic acids is 1. The average Bonchev–Trinajstić information content (AvgIpc) is 3.05. The molecule has 7 nitrogen and oxygen atoms in total. The standard InChI is InChI=1S/C23H35N3O4/c1-5-9-18(15(2)25-16(3)27)12-20-19(22(24)30-4)13-21(23(28)29)26(20)14-17-10-7-6-8-11-17/h6-8,10-11,15,18-21,24H,5,9,12-14H2,1-4H3,(H,25,27)(H,28,29). The van der Waals surface area contributed by atoms with Crippen molar-refractivity contribution >= 4 is 17.8 Å². The highest BCUT2D eigenvalue weighted by Gasteiger charge is 2.47. The summed E-state index contributed by atoms with van der Waals surface area (Å²) in [6, 6.07) is 8.98. The minimum absolute atomic E-state index is 0.0257. The van der Waals surface area contributed by atoms with Gasteiger partial charge in [-0.15, -0.1) is 0 Å². The van der Waals surface area contributed by atoms with Gasteiger partial charge in [0, 0.05) is 25.6 Å². The van der Waals surface area contributed by atoms with Crippen LogP contribution in [0.3, 0.4) is 0 Å². The first kappa shape index (κ1) is 23.9. The number of hydrogen-bond donors (Lipinski definition) is 3. The van der Waals surface area contributed by atoms with Gasteiger partial charge in [-0.3, -0.25) is 19.9 Å². The quantitative estimate of drug-likeness (QED) is 0.400. The van der Waals surface area contributed by atoms with Crippen molar-refractivity contribution in [3.05, 3.63) is 35.9 Å². The number of amides is 1. The zero-order valence-electron chi connectivity index (χ0n) is 18.4. The number of ether oxygens (including phenoxy) is 1. The first-order valence-electron chi connectivity index (χ1n) is 10.7. The molecule has 1 saturated heterocycles. The van der Waals surface area contributed by atoms with Crippen LogP contribution in [0.4, 0.5) is 0 Å². The van der Waals surface area contributed by atoms with E-state index in [0.717, 1.165) is 18.4 Å². The lowest BCUT2D eigenvalue weighted by molar-refractivity contribution is -0.143. The second kappa shape index (κ2) is 11.1. The monoisotopic (exact) mass is 417 g/mol. The van der Waals surface area contributed by atoms with Crippen molar-refractivity contribution in [2.24, 2.45) is 11.8 Å². The zero-order chi connectivity index (χ0) is 22.3. The number of nitrogens with zero attached hydrogens (tertiary/aromatic N) is 1. The lowest BCUT2D eigenvalue weighted by Crippen LogP contribution is -2.45. The van der Waals surface area contributed by atoms with Gasteiger partial charge in [-0.05, 0) is 37.7 Å². The van der Waals surface area contributed by atoms with E-state index in [1.165, 1.54) is 14.0 Å². The van der Waals surface area contributed by atoms with Gasteiger partial charge >= 0.3 is 5.97 Å². The summed E-state index contributed by atoms with van der Waals surface area (Å²) in [6.07, 6.45) is 2.94. The van der Waals surface area contributed by atoms with Crippen LogP contribution in [0.5, 0.6) is 0 Å². The summed E-state index contributed by atoms with van der Waals surface area (Å²) in [4.78, 5) is 25.7. The van der Waals surface area contributed by atoms with Gasteiger partial charge < -0.3 is 15.2 Å². The summed E-state index contributed by atoms with van der Waals surface area (Å²) in [7, 11) is 1.47. The maximum atomic E-state index is 12.1. The Kier molecular flexibility index (Phi) is 8.84. The van der Waals surface area contributed by atoms with E-state index in [4.69, 9.17) is 10.1 Å². The normalized spacial score (nSPS) is 23.5. The molecule has 7 heteroatoms. The molecule has 3 N–H and O–H groups in total. The van der Waals surface area contributed by atoms with Gasteiger partial charge in [0.05, 0.1) is 13.0 Å². The molecular weight excluding hydrogens is 382 g/mol. The molecule has 1 fully saturated rings. The molecule has 0 aliphatic carbocycles. The fourth-order valence-corrected chi connectivity index (χ4v) is 4.68. The fraction of sp³-hybridized carbons (Fsp3) is 0.609. The molecule has 1 aliphatic heterocycles. The molecule has 1 aliphatic rings. The Morgan fingerprint density at radius 2 is 2.00 bits per heavy atom. The van der Waals surface area contributed by atoms with Gasteiger partial charge in [0.15, 0.2) is 5.90 Å². The SMILES string of the molecule is CCCC(CC1C(C(=N)OC)CC(C(=O)O)N1Cc1ccccc1)C(C)NC(C)=O. The Bertz CT molecular complexity index is 724. The van der Waals surface area contributed by atoms with Crippen molar-refractivity contribution in [3.63, 3.8) is 0 Å². The predicted octanol–water partition coefficient (Wildman–Crippen LogP) is 3.28. The Hall–Kier alpha value is -2.41. The van der Waals surface area contributed by atoms with E-state index in [1.807, 2.05) is 42.2 Å². The van der Waals surface area contributed by atoms with Crippen LogP contribution in [0.25, 0.3) is 0 Å². The first-order valence-corrected chi connectivity index (χ1v) is 10.7. The van der Waals surface area contributed by atoms with Crippen molar-refractivity contribution in [2.45, 2.75) is 71.1 Å². The number of benzene rings is 1. The third kappa shape index (κ3) is 6.05. The molecule has 1 aromatic carbocycles. The van der Waals surface area contributed by atoms with Crippen molar-refractivity contribution < 1.29 is 19.4 Å². The smallest absolute Gasteiger partial charge is 0.320 e. The van der Waals surface area contributed by atoms with Crippen LogP contribution < -0.4 is 5.32 Å². The summed E-state index contributed by atoms with van der Waals surface area (Å²) in [5.74, 6) is -0.917. The van der Waals surface area contributed by atoms with Gasteiger partial charge in [-0.1, -0.05) is 43.7 Å². The molecule has 0 radical (unpaired) electrons. The molecule has 166 valence electrons. The number of carboxylic acids is 1. The van der Waals surface area contributed by atoms with E-state index >= 15 is 0 Å². The maximum Gasteiger partial charge on any atom is 0.320 e. The lowest BCUT2D eigenvalue weighted by atomic mass is 9.84. The summed E-state index contributed by atoms with van der Waals surface area (Å²) < 4.78 is 5.25. The van der Waals surface area contributed by atoms with E-state index in [9.17, 15) is 14.7 Å². The number of methoxy groups -OCH3 is 1. The van der Waals surface area contributed by atoms with Crippen LogP contribution in [-0.4, -0.2) is 53.0 Å². The van der Waals surface area contributed by atoms with Crippen molar-refractivity contribution in [1.29, 1.82) is 5.41 Å². The second-order valence-electron chi connectivity index (χ2n) is 8.26. The topological polar surface area (TPSA) is 103 Å². The summed E-state index contributed by atoms with van der Waals surface area (Å²) in [5.41, 5.74) is 1.04. The highest BCUT2D eigenvalue weighted by Crippen LogP contribution is 2.37. The molecule has 1 aromatic rings. The molecule has 30 heavy (non-hydrogen) atoms. The molecular formula is C23H35N3O4. The Balaban J connectivity index is 2.36. The van der Waals surface area contributed by atoms with Crippen LogP contribution in [0.1, 0.15) is 52.0 Å². The van der Waals surface area contributed by atoms with Crippen LogP contribution >= 0.6 is 0 Å². The van der Waals surface area contributed by atoms with Crippen LogP contribution in [0.2, 0.25) is 0 Å². The Morgan fingerprint density at radius 3 is 2.53 bits per heavy atom. The number of nitrogens with one attached hydrogen (secondary N) is 2. The van der Waals surface area contributed by atoms with Gasteiger partial charge in [-0.25, -0.2) is 0 Å². The zero-order valence-corrected chi connectivity index (χ0v) is 18.4. The number of likely N-dealkylation sites (tertiary alicyclic amines) is 1. The molecule has 1 amide bonds. The summed E-state index contributed by atoms with van der Waals surface area (Å²) in [5, 5.41) is 21.2. The van der Waals surface area contributed by atoms with E-state index in [1.54, 1.807) is 0 Å². The van der Waals surface area contributed by atoms with Crippen molar-refractivity contribution in [3.8, 4) is 0 Å². The van der Waals surface area contributed by atoms with Gasteiger partial charge in [0.25, 0.3) is 0 Å². The van der Waals surface area contributed by atoms with Gasteiger partial charge in [0.1, 0.15) is 6.04 Å². The molecule has 1 heterocycles. The van der Waals surface area contributed by atoms with Crippen molar-refractivity contribution in [2.75, 3.05) is 7.11 Å². The van der Waals surface area contributed by atoms with Crippen molar-refractivity contribution in [1.82, 2.24) is 10.2 Å². The minimum Gasteiger partial charge on any atom is -0.484 e. The fourth-order valence-electron chi connectivity index (χ4n) is 4.68. The van der Waals surface area contributed by atoms with E-state index in [0.29, 0.717) is 19.4 Å². The second-order valence-corrected chi connectivity index (χ2v) is 8.26. The maximum absolute atomic E-state index is 12.1. The molecule has 5 atom stereocenters. The van der Waals surface area contributed by atoms with Crippen LogP contribution in [0, 0.1) is 17.2 Å². The number of hydrogen-bond acceptors (Lipinski definition) is 5. The highest BCUT2D eigenvalue weighted by molar-refractivity contribution is 5.80. The van der Waals surface area contributed by atoms with Gasteiger partial charge in [0.2, 0.25) is 5.91 Å². The molecule has 5 unspecified atom stereocenters. The van der Waals surface area contributed by atoms with Crippen LogP contribution in [0.15, 0.2) is 30.3 Å². The number of aliphatic carboxylic acids is 1. The Labute approximate surface area is 179 Å².